The van der Waals surface area contributed by atoms with E-state index in [-0.39, 0.29) is 0 Å². The molecular formula is C21H20N4O. The minimum atomic E-state index is 0.798. The van der Waals surface area contributed by atoms with Gasteiger partial charge in [0.15, 0.2) is 5.65 Å². The largest absolute Gasteiger partial charge is 0.496 e. The molecule has 0 aliphatic carbocycles. The number of benzene rings is 2. The molecule has 0 saturated carbocycles. The molecule has 0 saturated heterocycles. The van der Waals surface area contributed by atoms with E-state index >= 15 is 0 Å². The van der Waals surface area contributed by atoms with E-state index < -0.39 is 0 Å². The molecule has 4 aromatic rings. The lowest BCUT2D eigenvalue weighted by molar-refractivity contribution is 0.416. The zero-order valence-electron chi connectivity index (χ0n) is 15.0. The van der Waals surface area contributed by atoms with Crippen molar-refractivity contribution in [3.8, 4) is 16.9 Å². The third kappa shape index (κ3) is 2.67. The number of fused-ring (bicyclic) bond motifs is 1. The molecule has 26 heavy (non-hydrogen) atoms. The van der Waals surface area contributed by atoms with Gasteiger partial charge >= 0.3 is 0 Å². The van der Waals surface area contributed by atoms with Crippen LogP contribution in [0.1, 0.15) is 5.56 Å². The predicted octanol–water partition coefficient (Wildman–Crippen LogP) is 4.48. The summed E-state index contributed by atoms with van der Waals surface area (Å²) in [5, 5.41) is 4.60. The van der Waals surface area contributed by atoms with Gasteiger partial charge in [0.25, 0.3) is 0 Å². The van der Waals surface area contributed by atoms with Crippen LogP contribution in [0.25, 0.3) is 16.8 Å². The van der Waals surface area contributed by atoms with Gasteiger partial charge in [0.05, 0.1) is 18.9 Å². The Hall–Kier alpha value is -3.34. The van der Waals surface area contributed by atoms with E-state index in [2.05, 4.69) is 46.2 Å². The van der Waals surface area contributed by atoms with Gasteiger partial charge in [-0.3, -0.25) is 0 Å². The average molecular weight is 344 g/mol. The number of aromatic nitrogens is 3. The number of rotatable bonds is 4. The van der Waals surface area contributed by atoms with Crippen LogP contribution < -0.4 is 9.64 Å². The number of methoxy groups -OCH3 is 1. The molecule has 130 valence electrons. The van der Waals surface area contributed by atoms with Crippen LogP contribution in [0.5, 0.6) is 5.75 Å². The van der Waals surface area contributed by atoms with Crippen molar-refractivity contribution in [3.63, 3.8) is 0 Å². The third-order valence-electron chi connectivity index (χ3n) is 4.51. The smallest absolute Gasteiger partial charge is 0.165 e. The van der Waals surface area contributed by atoms with Crippen molar-refractivity contribution in [1.82, 2.24) is 14.6 Å². The maximum atomic E-state index is 5.50. The summed E-state index contributed by atoms with van der Waals surface area (Å²) in [6.45, 7) is 2.09. The van der Waals surface area contributed by atoms with E-state index in [9.17, 15) is 0 Å². The molecule has 2 aromatic carbocycles. The number of anilines is 2. The molecule has 0 atom stereocenters. The Kier molecular flexibility index (Phi) is 4.05. The Balaban J connectivity index is 1.86. The lowest BCUT2D eigenvalue weighted by Crippen LogP contribution is -2.14. The molecule has 0 fully saturated rings. The summed E-state index contributed by atoms with van der Waals surface area (Å²) in [6.07, 6.45) is 3.66. The molecule has 0 bridgehead atoms. The topological polar surface area (TPSA) is 42.7 Å². The summed E-state index contributed by atoms with van der Waals surface area (Å²) in [5.74, 6) is 1.75. The Morgan fingerprint density at radius 3 is 2.65 bits per heavy atom. The average Bonchev–Trinajstić information content (AvgIpc) is 3.11. The lowest BCUT2D eigenvalue weighted by atomic mass is 10.1. The molecule has 0 radical (unpaired) electrons. The van der Waals surface area contributed by atoms with Crippen LogP contribution in [0.15, 0.2) is 67.0 Å². The highest BCUT2D eigenvalue weighted by Crippen LogP contribution is 2.33. The molecule has 5 nitrogen and oxygen atoms in total. The van der Waals surface area contributed by atoms with Crippen molar-refractivity contribution in [2.75, 3.05) is 19.1 Å². The van der Waals surface area contributed by atoms with Crippen LogP contribution in [0.4, 0.5) is 11.5 Å². The van der Waals surface area contributed by atoms with E-state index in [4.69, 9.17) is 4.74 Å². The van der Waals surface area contributed by atoms with Crippen molar-refractivity contribution < 1.29 is 4.74 Å². The lowest BCUT2D eigenvalue weighted by Gasteiger charge is -2.20. The molecule has 5 heteroatoms. The Morgan fingerprint density at radius 1 is 1.00 bits per heavy atom. The van der Waals surface area contributed by atoms with Crippen LogP contribution in [0.3, 0.4) is 0 Å². The van der Waals surface area contributed by atoms with Crippen LogP contribution in [0.2, 0.25) is 0 Å². The number of ether oxygens (including phenoxy) is 1. The van der Waals surface area contributed by atoms with Crippen LogP contribution in [-0.4, -0.2) is 28.8 Å². The Morgan fingerprint density at radius 2 is 1.85 bits per heavy atom. The maximum absolute atomic E-state index is 5.50. The first-order valence-corrected chi connectivity index (χ1v) is 8.45. The minimum absolute atomic E-state index is 0.798. The molecule has 4 rings (SSSR count). The summed E-state index contributed by atoms with van der Waals surface area (Å²) >= 11 is 0. The fourth-order valence-electron chi connectivity index (χ4n) is 3.16. The molecular weight excluding hydrogens is 324 g/mol. The van der Waals surface area contributed by atoms with Gasteiger partial charge in [0.1, 0.15) is 11.6 Å². The number of para-hydroxylation sites is 1. The monoisotopic (exact) mass is 344 g/mol. The van der Waals surface area contributed by atoms with Crippen molar-refractivity contribution >= 4 is 17.2 Å². The van der Waals surface area contributed by atoms with Gasteiger partial charge in [-0.25, -0.2) is 4.98 Å². The van der Waals surface area contributed by atoms with E-state index in [1.54, 1.807) is 7.11 Å². The molecule has 2 heterocycles. The minimum Gasteiger partial charge on any atom is -0.496 e. The zero-order valence-corrected chi connectivity index (χ0v) is 15.0. The highest BCUT2D eigenvalue weighted by molar-refractivity contribution is 5.82. The van der Waals surface area contributed by atoms with E-state index in [1.807, 2.05) is 54.3 Å². The molecule has 0 spiro atoms. The van der Waals surface area contributed by atoms with E-state index in [0.29, 0.717) is 0 Å². The first-order chi connectivity index (χ1) is 12.7. The Labute approximate surface area is 152 Å². The fraction of sp³-hybridized carbons (Fsp3) is 0.143. The van der Waals surface area contributed by atoms with Crippen LogP contribution in [-0.2, 0) is 0 Å². The number of nitrogens with zero attached hydrogens (tertiary/aromatic N) is 4. The van der Waals surface area contributed by atoms with Gasteiger partial charge in [-0.1, -0.05) is 30.3 Å². The van der Waals surface area contributed by atoms with Gasteiger partial charge in [-0.2, -0.15) is 9.61 Å². The highest BCUT2D eigenvalue weighted by Gasteiger charge is 2.16. The third-order valence-corrected chi connectivity index (χ3v) is 4.51. The summed E-state index contributed by atoms with van der Waals surface area (Å²) in [4.78, 5) is 6.68. The second kappa shape index (κ2) is 6.52. The van der Waals surface area contributed by atoms with Gasteiger partial charge < -0.3 is 9.64 Å². The molecule has 0 N–H and O–H groups in total. The van der Waals surface area contributed by atoms with E-state index in [0.717, 1.165) is 34.0 Å². The standard InChI is InChI=1S/C21H20N4O/c1-15-7-6-8-16(13-15)24(2)20-11-12-22-21-18(14-23-25(20)21)17-9-4-5-10-19(17)26-3/h4-14H,1-3H3. The van der Waals surface area contributed by atoms with Crippen molar-refractivity contribution in [2.24, 2.45) is 0 Å². The zero-order chi connectivity index (χ0) is 18.1. The summed E-state index contributed by atoms with van der Waals surface area (Å²) < 4.78 is 7.37. The van der Waals surface area contributed by atoms with Gasteiger partial charge in [0, 0.05) is 24.5 Å². The normalized spacial score (nSPS) is 10.9. The SMILES string of the molecule is COc1ccccc1-c1cnn2c(N(C)c3cccc(C)c3)ccnc12. The van der Waals surface area contributed by atoms with Gasteiger partial charge in [-0.05, 0) is 36.8 Å². The second-order valence-electron chi connectivity index (χ2n) is 6.19. The molecule has 2 aromatic heterocycles. The summed E-state index contributed by atoms with van der Waals surface area (Å²) in [5.41, 5.74) is 5.04. The van der Waals surface area contributed by atoms with Gasteiger partial charge in [-0.15, -0.1) is 0 Å². The molecule has 0 amide bonds. The van der Waals surface area contributed by atoms with Crippen molar-refractivity contribution in [2.45, 2.75) is 6.92 Å². The summed E-state index contributed by atoms with van der Waals surface area (Å²) in [7, 11) is 3.71. The van der Waals surface area contributed by atoms with Crippen LogP contribution >= 0.6 is 0 Å². The molecule has 0 aliphatic heterocycles. The fourth-order valence-corrected chi connectivity index (χ4v) is 3.16. The first kappa shape index (κ1) is 16.1. The second-order valence-corrected chi connectivity index (χ2v) is 6.19. The van der Waals surface area contributed by atoms with E-state index in [1.165, 1.54) is 5.56 Å². The predicted molar refractivity (Wildman–Crippen MR) is 104 cm³/mol. The molecule has 0 unspecified atom stereocenters. The Bertz CT molecular complexity index is 1070. The molecule has 0 aliphatic rings. The number of aryl methyl sites for hydroxylation is 1. The van der Waals surface area contributed by atoms with Crippen LogP contribution in [0, 0.1) is 6.92 Å². The van der Waals surface area contributed by atoms with Gasteiger partial charge in [0.2, 0.25) is 0 Å². The highest BCUT2D eigenvalue weighted by atomic mass is 16.5. The quantitative estimate of drug-likeness (QED) is 0.547. The summed E-state index contributed by atoms with van der Waals surface area (Å²) in [6, 6.07) is 18.3. The maximum Gasteiger partial charge on any atom is 0.165 e. The first-order valence-electron chi connectivity index (χ1n) is 8.45. The van der Waals surface area contributed by atoms with Crippen molar-refractivity contribution in [3.05, 3.63) is 72.6 Å². The van der Waals surface area contributed by atoms with Crippen molar-refractivity contribution in [1.29, 1.82) is 0 Å². The number of hydrogen-bond acceptors (Lipinski definition) is 4. The number of hydrogen-bond donors (Lipinski definition) is 0.